The van der Waals surface area contributed by atoms with Crippen LogP contribution in [0.3, 0.4) is 0 Å². The fourth-order valence-electron chi connectivity index (χ4n) is 2.60. The molecule has 0 saturated heterocycles. The highest BCUT2D eigenvalue weighted by Gasteiger charge is 2.17. The number of halogens is 1. The Labute approximate surface area is 154 Å². The maximum Gasteiger partial charge on any atom is 0.224 e. The molecule has 1 N–H and O–H groups in total. The van der Waals surface area contributed by atoms with E-state index in [0.717, 1.165) is 11.3 Å². The Bertz CT molecular complexity index is 689. The van der Waals surface area contributed by atoms with E-state index in [2.05, 4.69) is 5.32 Å². The van der Waals surface area contributed by atoms with Crippen molar-refractivity contribution in [1.82, 2.24) is 4.90 Å². The molecule has 1 amide bonds. The number of carbonyl (C=O) groups excluding carboxylic acids is 1. The third kappa shape index (κ3) is 5.68. The molecule has 0 aliphatic heterocycles. The van der Waals surface area contributed by atoms with Crippen LogP contribution < -0.4 is 10.1 Å². The number of carbonyl (C=O) groups is 1. The normalized spacial score (nSPS) is 10.6. The van der Waals surface area contributed by atoms with Crippen molar-refractivity contribution in [2.75, 3.05) is 19.0 Å². The predicted octanol–water partition coefficient (Wildman–Crippen LogP) is 4.59. The van der Waals surface area contributed by atoms with Gasteiger partial charge in [0.15, 0.2) is 0 Å². The van der Waals surface area contributed by atoms with E-state index in [4.69, 9.17) is 16.3 Å². The average Bonchev–Trinajstić information content (AvgIpc) is 2.60. The van der Waals surface area contributed by atoms with E-state index >= 15 is 0 Å². The Hall–Kier alpha value is -2.20. The van der Waals surface area contributed by atoms with E-state index in [0.29, 0.717) is 30.3 Å². The molecule has 2 rings (SSSR count). The van der Waals surface area contributed by atoms with E-state index in [-0.39, 0.29) is 11.9 Å². The summed E-state index contributed by atoms with van der Waals surface area (Å²) in [5.41, 5.74) is 1.93. The summed E-state index contributed by atoms with van der Waals surface area (Å²) in [7, 11) is 1.61. The standard InChI is InChI=1S/C20H25ClN2O2/c1-15(2)23(14-16-7-5-4-6-8-16)20(24)11-12-22-18-13-17(21)9-10-19(18)25-3/h4-10,13,15,22H,11-12,14H2,1-3H3. The lowest BCUT2D eigenvalue weighted by Gasteiger charge is -2.27. The fourth-order valence-corrected chi connectivity index (χ4v) is 2.78. The Balaban J connectivity index is 1.94. The molecule has 0 aromatic heterocycles. The molecule has 4 nitrogen and oxygen atoms in total. The van der Waals surface area contributed by atoms with Gasteiger partial charge in [0, 0.05) is 30.6 Å². The van der Waals surface area contributed by atoms with Crippen molar-refractivity contribution in [3.05, 3.63) is 59.1 Å². The lowest BCUT2D eigenvalue weighted by atomic mass is 10.1. The molecule has 2 aromatic carbocycles. The van der Waals surface area contributed by atoms with Gasteiger partial charge in [-0.3, -0.25) is 4.79 Å². The van der Waals surface area contributed by atoms with E-state index in [1.807, 2.05) is 55.1 Å². The van der Waals surface area contributed by atoms with Crippen LogP contribution in [0.15, 0.2) is 48.5 Å². The molecule has 0 heterocycles. The highest BCUT2D eigenvalue weighted by atomic mass is 35.5. The third-order valence-corrected chi connectivity index (χ3v) is 4.19. The first-order chi connectivity index (χ1) is 12.0. The SMILES string of the molecule is COc1ccc(Cl)cc1NCCC(=O)N(Cc1ccccc1)C(C)C. The number of benzene rings is 2. The van der Waals surface area contributed by atoms with Crippen molar-refractivity contribution in [2.24, 2.45) is 0 Å². The van der Waals surface area contributed by atoms with E-state index in [1.165, 1.54) is 0 Å². The summed E-state index contributed by atoms with van der Waals surface area (Å²) in [6, 6.07) is 15.6. The van der Waals surface area contributed by atoms with E-state index < -0.39 is 0 Å². The second kappa shape index (κ2) is 9.33. The van der Waals surface area contributed by atoms with E-state index in [1.54, 1.807) is 19.2 Å². The fraction of sp³-hybridized carbons (Fsp3) is 0.350. The van der Waals surface area contributed by atoms with Crippen LogP contribution in [0.2, 0.25) is 5.02 Å². The first kappa shape index (κ1) is 19.1. The van der Waals surface area contributed by atoms with Crippen molar-refractivity contribution in [2.45, 2.75) is 32.9 Å². The van der Waals surface area contributed by atoms with Crippen molar-refractivity contribution < 1.29 is 9.53 Å². The van der Waals surface area contributed by atoms with Crippen molar-refractivity contribution >= 4 is 23.2 Å². The number of hydrogen-bond acceptors (Lipinski definition) is 3. The molecule has 0 atom stereocenters. The summed E-state index contributed by atoms with van der Waals surface area (Å²) >= 11 is 6.03. The topological polar surface area (TPSA) is 41.6 Å². The largest absolute Gasteiger partial charge is 0.495 e. The lowest BCUT2D eigenvalue weighted by molar-refractivity contribution is -0.133. The van der Waals surface area contributed by atoms with Gasteiger partial charge >= 0.3 is 0 Å². The smallest absolute Gasteiger partial charge is 0.224 e. The molecule has 5 heteroatoms. The second-order valence-corrected chi connectivity index (χ2v) is 6.56. The van der Waals surface area contributed by atoms with Gasteiger partial charge in [0.25, 0.3) is 0 Å². The van der Waals surface area contributed by atoms with Gasteiger partial charge in [-0.25, -0.2) is 0 Å². The van der Waals surface area contributed by atoms with Crippen LogP contribution >= 0.6 is 11.6 Å². The number of ether oxygens (including phenoxy) is 1. The molecular formula is C20H25ClN2O2. The monoisotopic (exact) mass is 360 g/mol. The van der Waals surface area contributed by atoms with Crippen molar-refractivity contribution in [1.29, 1.82) is 0 Å². The van der Waals surface area contributed by atoms with Gasteiger partial charge in [-0.05, 0) is 37.6 Å². The number of hydrogen-bond donors (Lipinski definition) is 1. The van der Waals surface area contributed by atoms with Gasteiger partial charge in [-0.2, -0.15) is 0 Å². The van der Waals surface area contributed by atoms with Gasteiger partial charge in [0.2, 0.25) is 5.91 Å². The molecule has 0 spiro atoms. The maximum atomic E-state index is 12.6. The van der Waals surface area contributed by atoms with Crippen molar-refractivity contribution in [3.8, 4) is 5.75 Å². The van der Waals surface area contributed by atoms with Crippen LogP contribution in [0.4, 0.5) is 5.69 Å². The number of amides is 1. The molecule has 0 bridgehead atoms. The zero-order chi connectivity index (χ0) is 18.2. The van der Waals surface area contributed by atoms with Crippen LogP contribution in [-0.2, 0) is 11.3 Å². The highest BCUT2D eigenvalue weighted by Crippen LogP contribution is 2.27. The van der Waals surface area contributed by atoms with Crippen LogP contribution in [0, 0.1) is 0 Å². The summed E-state index contributed by atoms with van der Waals surface area (Å²) in [6.07, 6.45) is 0.403. The first-order valence-corrected chi connectivity index (χ1v) is 8.80. The third-order valence-electron chi connectivity index (χ3n) is 3.96. The minimum absolute atomic E-state index is 0.118. The van der Waals surface area contributed by atoms with Crippen LogP contribution in [-0.4, -0.2) is 30.5 Å². The summed E-state index contributed by atoms with van der Waals surface area (Å²) < 4.78 is 5.31. The first-order valence-electron chi connectivity index (χ1n) is 8.42. The van der Waals surface area contributed by atoms with Crippen LogP contribution in [0.5, 0.6) is 5.75 Å². The van der Waals surface area contributed by atoms with Crippen molar-refractivity contribution in [3.63, 3.8) is 0 Å². The minimum Gasteiger partial charge on any atom is -0.495 e. The Morgan fingerprint density at radius 1 is 1.20 bits per heavy atom. The Kier molecular flexibility index (Phi) is 7.14. The summed E-state index contributed by atoms with van der Waals surface area (Å²) in [5.74, 6) is 0.828. The number of methoxy groups -OCH3 is 1. The zero-order valence-electron chi connectivity index (χ0n) is 15.0. The predicted molar refractivity (Wildman–Crippen MR) is 103 cm³/mol. The zero-order valence-corrected chi connectivity index (χ0v) is 15.7. The lowest BCUT2D eigenvalue weighted by Crippen LogP contribution is -2.37. The van der Waals surface area contributed by atoms with Gasteiger partial charge in [-0.1, -0.05) is 41.9 Å². The molecule has 25 heavy (non-hydrogen) atoms. The number of anilines is 1. The quantitative estimate of drug-likeness (QED) is 0.748. The van der Waals surface area contributed by atoms with Gasteiger partial charge in [0.05, 0.1) is 12.8 Å². The molecule has 0 fully saturated rings. The molecule has 0 aliphatic carbocycles. The molecule has 0 saturated carbocycles. The number of rotatable bonds is 8. The molecule has 0 radical (unpaired) electrons. The summed E-state index contributed by atoms with van der Waals surface area (Å²) in [5, 5.41) is 3.86. The molecular weight excluding hydrogens is 336 g/mol. The number of nitrogens with one attached hydrogen (secondary N) is 1. The van der Waals surface area contributed by atoms with Gasteiger partial charge in [-0.15, -0.1) is 0 Å². The molecule has 0 aliphatic rings. The van der Waals surface area contributed by atoms with Gasteiger partial charge in [0.1, 0.15) is 5.75 Å². The van der Waals surface area contributed by atoms with E-state index in [9.17, 15) is 4.79 Å². The summed E-state index contributed by atoms with van der Waals surface area (Å²) in [4.78, 5) is 14.5. The number of nitrogens with zero attached hydrogens (tertiary/aromatic N) is 1. The second-order valence-electron chi connectivity index (χ2n) is 6.12. The molecule has 2 aromatic rings. The van der Waals surface area contributed by atoms with Crippen LogP contribution in [0.1, 0.15) is 25.8 Å². The molecule has 134 valence electrons. The Morgan fingerprint density at radius 2 is 1.92 bits per heavy atom. The van der Waals surface area contributed by atoms with Gasteiger partial charge < -0.3 is 15.0 Å². The Morgan fingerprint density at radius 3 is 2.56 bits per heavy atom. The minimum atomic E-state index is 0.118. The van der Waals surface area contributed by atoms with Crippen LogP contribution in [0.25, 0.3) is 0 Å². The molecule has 0 unspecified atom stereocenters. The highest BCUT2D eigenvalue weighted by molar-refractivity contribution is 6.30. The average molecular weight is 361 g/mol. The summed E-state index contributed by atoms with van der Waals surface area (Å²) in [6.45, 7) is 5.22. The maximum absolute atomic E-state index is 12.6.